The zero-order valence-corrected chi connectivity index (χ0v) is 17.6. The van der Waals surface area contributed by atoms with Gasteiger partial charge in [-0.05, 0) is 40.5 Å². The van der Waals surface area contributed by atoms with Crippen molar-refractivity contribution in [3.8, 4) is 0 Å². The highest BCUT2D eigenvalue weighted by Crippen LogP contribution is 2.47. The number of carbonyl (C=O) groups is 3. The van der Waals surface area contributed by atoms with Crippen molar-refractivity contribution in [3.63, 3.8) is 0 Å². The molecule has 2 aliphatic rings. The summed E-state index contributed by atoms with van der Waals surface area (Å²) in [7, 11) is 0. The summed E-state index contributed by atoms with van der Waals surface area (Å²) >= 11 is 6.00. The molecule has 5 heteroatoms. The van der Waals surface area contributed by atoms with Gasteiger partial charge in [-0.3, -0.25) is 14.4 Å². The summed E-state index contributed by atoms with van der Waals surface area (Å²) in [6, 6.07) is 6.74. The minimum Gasteiger partial charge on any atom is -0.875 e. The summed E-state index contributed by atoms with van der Waals surface area (Å²) in [5, 5.41) is 13.5. The third-order valence-corrected chi connectivity index (χ3v) is 6.00. The van der Waals surface area contributed by atoms with Gasteiger partial charge >= 0.3 is 0 Å². The molecule has 150 valence electrons. The Morgan fingerprint density at radius 1 is 0.893 bits per heavy atom. The van der Waals surface area contributed by atoms with Crippen LogP contribution in [-0.2, 0) is 14.4 Å². The number of allylic oxidation sites excluding steroid dienone is 2. The van der Waals surface area contributed by atoms with Crippen LogP contribution in [0.2, 0.25) is 5.02 Å². The SMILES string of the molecule is CC1(C)CC(=O)C(C(C2=C([O-])CC(C)(C)CC2=O)c2ccc(Cl)cc2)C(=O)C1. The molecule has 1 atom stereocenters. The van der Waals surface area contributed by atoms with Crippen LogP contribution in [0, 0.1) is 16.7 Å². The lowest BCUT2D eigenvalue weighted by Crippen LogP contribution is -2.43. The maximum Gasteiger partial charge on any atom is 0.159 e. The summed E-state index contributed by atoms with van der Waals surface area (Å²) in [5.74, 6) is -2.72. The predicted octanol–water partition coefficient (Wildman–Crippen LogP) is 4.00. The molecular formula is C23H26ClO4-. The maximum absolute atomic E-state index is 13.0. The topological polar surface area (TPSA) is 74.3 Å². The van der Waals surface area contributed by atoms with Crippen LogP contribution in [0.3, 0.4) is 0 Å². The fourth-order valence-corrected chi connectivity index (χ4v) is 4.72. The molecule has 1 saturated carbocycles. The van der Waals surface area contributed by atoms with E-state index in [9.17, 15) is 19.5 Å². The van der Waals surface area contributed by atoms with Gasteiger partial charge in [-0.2, -0.15) is 0 Å². The average molecular weight is 402 g/mol. The van der Waals surface area contributed by atoms with E-state index in [0.717, 1.165) is 0 Å². The van der Waals surface area contributed by atoms with Crippen molar-refractivity contribution in [3.05, 3.63) is 46.2 Å². The Bertz CT molecular complexity index is 841. The molecular weight excluding hydrogens is 376 g/mol. The Hall–Kier alpha value is -1.94. The van der Waals surface area contributed by atoms with E-state index in [0.29, 0.717) is 10.6 Å². The molecule has 1 fully saturated rings. The Labute approximate surface area is 171 Å². The van der Waals surface area contributed by atoms with Crippen molar-refractivity contribution in [2.24, 2.45) is 16.7 Å². The van der Waals surface area contributed by atoms with Crippen LogP contribution in [0.4, 0.5) is 0 Å². The number of rotatable bonds is 3. The van der Waals surface area contributed by atoms with Gasteiger partial charge in [0.05, 0.1) is 5.92 Å². The van der Waals surface area contributed by atoms with E-state index in [-0.39, 0.29) is 54.4 Å². The van der Waals surface area contributed by atoms with Crippen molar-refractivity contribution < 1.29 is 19.5 Å². The molecule has 2 aliphatic carbocycles. The molecule has 0 aliphatic heterocycles. The highest BCUT2D eigenvalue weighted by atomic mass is 35.5. The van der Waals surface area contributed by atoms with Crippen molar-refractivity contribution in [1.82, 2.24) is 0 Å². The summed E-state index contributed by atoms with van der Waals surface area (Å²) in [6.45, 7) is 7.55. The Balaban J connectivity index is 2.14. The van der Waals surface area contributed by atoms with Crippen molar-refractivity contribution in [2.45, 2.75) is 59.3 Å². The quantitative estimate of drug-likeness (QED) is 0.717. The second-order valence-electron chi connectivity index (χ2n) is 9.74. The van der Waals surface area contributed by atoms with E-state index in [1.807, 2.05) is 27.7 Å². The summed E-state index contributed by atoms with van der Waals surface area (Å²) in [6.07, 6.45) is 0.987. The number of hydrogen-bond acceptors (Lipinski definition) is 4. The normalized spacial score (nSPS) is 23.8. The van der Waals surface area contributed by atoms with Crippen LogP contribution >= 0.6 is 11.6 Å². The summed E-state index contributed by atoms with van der Waals surface area (Å²) in [4.78, 5) is 39.0. The number of Topliss-reactive ketones (excluding diaryl/α,β-unsaturated/α-hetero) is 3. The predicted molar refractivity (Wildman–Crippen MR) is 106 cm³/mol. The molecule has 1 aromatic carbocycles. The van der Waals surface area contributed by atoms with Crippen molar-refractivity contribution in [2.75, 3.05) is 0 Å². The first kappa shape index (κ1) is 20.8. The molecule has 1 unspecified atom stereocenters. The first-order valence-electron chi connectivity index (χ1n) is 9.64. The average Bonchev–Trinajstić information content (AvgIpc) is 2.50. The maximum atomic E-state index is 13.0. The summed E-state index contributed by atoms with van der Waals surface area (Å²) < 4.78 is 0. The molecule has 3 rings (SSSR count). The molecule has 28 heavy (non-hydrogen) atoms. The van der Waals surface area contributed by atoms with Crippen LogP contribution in [0.25, 0.3) is 0 Å². The summed E-state index contributed by atoms with van der Waals surface area (Å²) in [5.41, 5.74) is -0.0898. The fourth-order valence-electron chi connectivity index (χ4n) is 4.60. The lowest BCUT2D eigenvalue weighted by Gasteiger charge is -2.41. The third-order valence-electron chi connectivity index (χ3n) is 5.75. The molecule has 0 aromatic heterocycles. The van der Waals surface area contributed by atoms with Gasteiger partial charge < -0.3 is 5.11 Å². The highest BCUT2D eigenvalue weighted by molar-refractivity contribution is 6.30. The van der Waals surface area contributed by atoms with E-state index >= 15 is 0 Å². The van der Waals surface area contributed by atoms with Crippen molar-refractivity contribution in [1.29, 1.82) is 0 Å². The van der Waals surface area contributed by atoms with Crippen LogP contribution in [0.5, 0.6) is 0 Å². The van der Waals surface area contributed by atoms with E-state index in [1.54, 1.807) is 24.3 Å². The van der Waals surface area contributed by atoms with Gasteiger partial charge in [0.1, 0.15) is 11.6 Å². The Kier molecular flexibility index (Phi) is 5.30. The number of benzene rings is 1. The zero-order valence-electron chi connectivity index (χ0n) is 16.8. The zero-order chi connectivity index (χ0) is 20.9. The second kappa shape index (κ2) is 7.14. The molecule has 0 amide bonds. The fraction of sp³-hybridized carbons (Fsp3) is 0.522. The number of carbonyl (C=O) groups excluding carboxylic acids is 3. The first-order valence-corrected chi connectivity index (χ1v) is 10.0. The minimum atomic E-state index is -0.988. The van der Waals surface area contributed by atoms with Gasteiger partial charge in [-0.15, -0.1) is 5.76 Å². The molecule has 0 spiro atoms. The van der Waals surface area contributed by atoms with Gasteiger partial charge in [-0.1, -0.05) is 51.4 Å². The standard InChI is InChI=1S/C23H27ClO4/c1-22(2)9-15(25)20(16(26)10-22)19(13-5-7-14(24)8-6-13)21-17(27)11-23(3,4)12-18(21)28/h5-8,19-20,27H,9-12H2,1-4H3/p-1. The van der Waals surface area contributed by atoms with E-state index in [1.165, 1.54) is 0 Å². The monoisotopic (exact) mass is 401 g/mol. The molecule has 0 N–H and O–H groups in total. The lowest BCUT2D eigenvalue weighted by molar-refractivity contribution is -0.312. The number of ketones is 3. The van der Waals surface area contributed by atoms with Gasteiger partial charge in [0.25, 0.3) is 0 Å². The minimum absolute atomic E-state index is 0.105. The van der Waals surface area contributed by atoms with Crippen molar-refractivity contribution >= 4 is 29.0 Å². The third kappa shape index (κ3) is 4.07. The molecule has 0 heterocycles. The smallest absolute Gasteiger partial charge is 0.159 e. The largest absolute Gasteiger partial charge is 0.875 e. The Morgan fingerprint density at radius 3 is 1.89 bits per heavy atom. The van der Waals surface area contributed by atoms with Crippen LogP contribution < -0.4 is 5.11 Å². The molecule has 0 bridgehead atoms. The van der Waals surface area contributed by atoms with Crippen LogP contribution in [0.1, 0.15) is 64.9 Å². The number of halogens is 1. The van der Waals surface area contributed by atoms with Crippen LogP contribution in [-0.4, -0.2) is 17.3 Å². The Morgan fingerprint density at radius 2 is 1.39 bits per heavy atom. The highest BCUT2D eigenvalue weighted by Gasteiger charge is 2.47. The van der Waals surface area contributed by atoms with Gasteiger partial charge in [0.2, 0.25) is 0 Å². The van der Waals surface area contributed by atoms with Crippen LogP contribution in [0.15, 0.2) is 35.6 Å². The van der Waals surface area contributed by atoms with E-state index in [4.69, 9.17) is 11.6 Å². The van der Waals surface area contributed by atoms with E-state index in [2.05, 4.69) is 0 Å². The second-order valence-corrected chi connectivity index (χ2v) is 10.2. The number of hydrogen-bond donors (Lipinski definition) is 0. The molecule has 4 nitrogen and oxygen atoms in total. The molecule has 0 radical (unpaired) electrons. The first-order chi connectivity index (χ1) is 12.9. The molecule has 0 saturated heterocycles. The van der Waals surface area contributed by atoms with Gasteiger partial charge in [0, 0.05) is 30.2 Å². The van der Waals surface area contributed by atoms with E-state index < -0.39 is 22.7 Å². The van der Waals surface area contributed by atoms with Gasteiger partial charge in [-0.25, -0.2) is 0 Å². The molecule has 1 aromatic rings. The van der Waals surface area contributed by atoms with Gasteiger partial charge in [0.15, 0.2) is 5.78 Å². The lowest BCUT2D eigenvalue weighted by atomic mass is 9.62.